The molecule has 0 aromatic carbocycles. The Morgan fingerprint density at radius 3 is 2.67 bits per heavy atom. The lowest BCUT2D eigenvalue weighted by Crippen LogP contribution is -2.19. The highest BCUT2D eigenvalue weighted by Gasteiger charge is 2.26. The molecule has 0 aliphatic rings. The Kier molecular flexibility index (Phi) is 5.30. The van der Waals surface area contributed by atoms with Crippen LogP contribution in [0.1, 0.15) is 18.6 Å². The van der Waals surface area contributed by atoms with E-state index in [4.69, 9.17) is 38.0 Å². The van der Waals surface area contributed by atoms with Crippen molar-refractivity contribution >= 4 is 34.8 Å². The molecule has 5 nitrogen and oxygen atoms in total. The first-order valence-electron chi connectivity index (χ1n) is 4.94. The number of methoxy groups -OCH3 is 2. The molecule has 0 aliphatic carbocycles. The number of hydrogen-bond donors (Lipinski definition) is 0. The van der Waals surface area contributed by atoms with Crippen LogP contribution in [-0.4, -0.2) is 30.2 Å². The van der Waals surface area contributed by atoms with Crippen LogP contribution in [-0.2, 0) is 14.3 Å². The molecule has 98 valence electrons. The molecule has 0 radical (unpaired) electrons. The number of rotatable bonds is 4. The third kappa shape index (κ3) is 3.54. The van der Waals surface area contributed by atoms with Crippen LogP contribution in [0.4, 0.5) is 0 Å². The average molecular weight is 290 g/mol. The number of carbonyl (C=O) groups is 1. The van der Waals surface area contributed by atoms with E-state index in [1.807, 2.05) is 0 Å². The monoisotopic (exact) mass is 289 g/mol. The normalized spacial score (nSPS) is 11.6. The fourth-order valence-corrected chi connectivity index (χ4v) is 1.65. The third-order valence-electron chi connectivity index (χ3n) is 2.02. The summed E-state index contributed by atoms with van der Waals surface area (Å²) in [7, 11) is 2.84. The number of pyridine rings is 1. The van der Waals surface area contributed by atoms with Crippen LogP contribution in [0.2, 0.25) is 5.02 Å². The third-order valence-corrected chi connectivity index (χ3v) is 2.61. The lowest BCUT2D eigenvalue weighted by atomic mass is 10.1. The van der Waals surface area contributed by atoms with Crippen LogP contribution in [0.3, 0.4) is 0 Å². The van der Waals surface area contributed by atoms with Gasteiger partial charge < -0.3 is 14.2 Å². The van der Waals surface area contributed by atoms with Gasteiger partial charge in [0.25, 0.3) is 0 Å². The Balaban J connectivity index is 3.22. The minimum absolute atomic E-state index is 0.0903. The average Bonchev–Trinajstić information content (AvgIpc) is 2.34. The first-order chi connectivity index (χ1) is 8.49. The second-order valence-electron chi connectivity index (χ2n) is 3.26. The molecule has 1 atom stereocenters. The second-order valence-corrected chi connectivity index (χ2v) is 4.10. The molecular weight excluding hydrogens is 278 g/mol. The highest BCUT2D eigenvalue weighted by atomic mass is 35.5. The SMILES string of the molecule is COC(=S)C(OC(C)=O)c1cc(Cl)cnc1OC. The first kappa shape index (κ1) is 14.7. The fraction of sp³-hybridized carbons (Fsp3) is 0.364. The molecule has 1 rings (SSSR count). The molecule has 1 aromatic rings. The van der Waals surface area contributed by atoms with Crippen molar-refractivity contribution in [2.45, 2.75) is 13.0 Å². The van der Waals surface area contributed by atoms with E-state index in [2.05, 4.69) is 4.98 Å². The molecule has 7 heteroatoms. The van der Waals surface area contributed by atoms with Crippen molar-refractivity contribution in [2.75, 3.05) is 14.2 Å². The van der Waals surface area contributed by atoms with Crippen molar-refractivity contribution in [3.8, 4) is 5.88 Å². The zero-order chi connectivity index (χ0) is 13.7. The van der Waals surface area contributed by atoms with Gasteiger partial charge in [-0.25, -0.2) is 4.98 Å². The van der Waals surface area contributed by atoms with E-state index in [0.29, 0.717) is 10.6 Å². The van der Waals surface area contributed by atoms with Crippen molar-refractivity contribution in [2.24, 2.45) is 0 Å². The molecule has 1 heterocycles. The number of esters is 1. The molecule has 1 aromatic heterocycles. The highest BCUT2D eigenvalue weighted by Crippen LogP contribution is 2.29. The largest absolute Gasteiger partial charge is 0.487 e. The zero-order valence-electron chi connectivity index (χ0n) is 10.1. The Bertz CT molecular complexity index is 466. The van der Waals surface area contributed by atoms with E-state index in [1.54, 1.807) is 6.07 Å². The Morgan fingerprint density at radius 1 is 1.50 bits per heavy atom. The van der Waals surface area contributed by atoms with Gasteiger partial charge in [-0.15, -0.1) is 0 Å². The fourth-order valence-electron chi connectivity index (χ4n) is 1.31. The number of carbonyl (C=O) groups excluding carboxylic acids is 1. The Labute approximate surface area is 115 Å². The summed E-state index contributed by atoms with van der Waals surface area (Å²) in [5, 5.41) is 0.467. The van der Waals surface area contributed by atoms with Gasteiger partial charge in [0.15, 0.2) is 6.10 Å². The maximum Gasteiger partial charge on any atom is 0.303 e. The van der Waals surface area contributed by atoms with Gasteiger partial charge in [-0.1, -0.05) is 11.6 Å². The number of aromatic nitrogens is 1. The van der Waals surface area contributed by atoms with E-state index in [9.17, 15) is 4.79 Å². The quantitative estimate of drug-likeness (QED) is 0.626. The predicted molar refractivity (Wildman–Crippen MR) is 69.9 cm³/mol. The van der Waals surface area contributed by atoms with Gasteiger partial charge in [-0.2, -0.15) is 0 Å². The number of nitrogens with zero attached hydrogens (tertiary/aromatic N) is 1. The van der Waals surface area contributed by atoms with Crippen LogP contribution >= 0.6 is 23.8 Å². The topological polar surface area (TPSA) is 57.7 Å². The van der Waals surface area contributed by atoms with Crippen molar-refractivity contribution in [1.29, 1.82) is 0 Å². The molecule has 0 bridgehead atoms. The lowest BCUT2D eigenvalue weighted by Gasteiger charge is -2.19. The molecule has 1 unspecified atom stereocenters. The molecule has 18 heavy (non-hydrogen) atoms. The van der Waals surface area contributed by atoms with E-state index < -0.39 is 12.1 Å². The summed E-state index contributed by atoms with van der Waals surface area (Å²) in [5.41, 5.74) is 0.437. The summed E-state index contributed by atoms with van der Waals surface area (Å²) >= 11 is 10.9. The number of ether oxygens (including phenoxy) is 3. The molecule has 0 aliphatic heterocycles. The smallest absolute Gasteiger partial charge is 0.303 e. The van der Waals surface area contributed by atoms with Crippen molar-refractivity contribution in [3.63, 3.8) is 0 Å². The predicted octanol–water partition coefficient (Wildman–Crippen LogP) is 2.32. The highest BCUT2D eigenvalue weighted by molar-refractivity contribution is 7.80. The molecule has 0 N–H and O–H groups in total. The second kappa shape index (κ2) is 6.51. The summed E-state index contributed by atoms with van der Waals surface area (Å²) in [6.07, 6.45) is 0.536. The van der Waals surface area contributed by atoms with E-state index in [-0.39, 0.29) is 10.9 Å². The van der Waals surface area contributed by atoms with Gasteiger partial charge in [-0.3, -0.25) is 4.79 Å². The molecular formula is C11H12ClNO4S. The van der Waals surface area contributed by atoms with Gasteiger partial charge in [0.2, 0.25) is 10.9 Å². The molecule has 0 amide bonds. The Hall–Kier alpha value is -1.40. The van der Waals surface area contributed by atoms with Crippen molar-refractivity contribution < 1.29 is 19.0 Å². The van der Waals surface area contributed by atoms with Crippen LogP contribution in [0, 0.1) is 0 Å². The lowest BCUT2D eigenvalue weighted by molar-refractivity contribution is -0.144. The van der Waals surface area contributed by atoms with Gasteiger partial charge in [0.1, 0.15) is 0 Å². The summed E-state index contributed by atoms with van der Waals surface area (Å²) in [5.74, 6) is -0.230. The summed E-state index contributed by atoms with van der Waals surface area (Å²) in [6.45, 7) is 1.27. The summed E-state index contributed by atoms with van der Waals surface area (Å²) in [6, 6.07) is 1.56. The molecule has 0 spiro atoms. The maximum absolute atomic E-state index is 11.1. The van der Waals surface area contributed by atoms with Gasteiger partial charge in [-0.05, 0) is 18.3 Å². The van der Waals surface area contributed by atoms with Crippen LogP contribution < -0.4 is 4.74 Å². The maximum atomic E-state index is 11.1. The minimum Gasteiger partial charge on any atom is -0.487 e. The van der Waals surface area contributed by atoms with Crippen LogP contribution in [0.25, 0.3) is 0 Å². The number of thiocarbonyl (C=S) groups is 1. The Morgan fingerprint density at radius 2 is 2.17 bits per heavy atom. The van der Waals surface area contributed by atoms with Crippen LogP contribution in [0.5, 0.6) is 5.88 Å². The van der Waals surface area contributed by atoms with Crippen molar-refractivity contribution in [1.82, 2.24) is 4.98 Å². The first-order valence-corrected chi connectivity index (χ1v) is 5.72. The summed E-state index contributed by atoms with van der Waals surface area (Å²) in [4.78, 5) is 15.1. The summed E-state index contributed by atoms with van der Waals surface area (Å²) < 4.78 is 15.1. The zero-order valence-corrected chi connectivity index (χ0v) is 11.7. The van der Waals surface area contributed by atoms with E-state index >= 15 is 0 Å². The van der Waals surface area contributed by atoms with Gasteiger partial charge in [0.05, 0.1) is 24.8 Å². The van der Waals surface area contributed by atoms with E-state index in [1.165, 1.54) is 27.3 Å². The minimum atomic E-state index is -0.886. The van der Waals surface area contributed by atoms with Crippen LogP contribution in [0.15, 0.2) is 12.3 Å². The van der Waals surface area contributed by atoms with E-state index in [0.717, 1.165) is 0 Å². The number of hydrogen-bond acceptors (Lipinski definition) is 6. The molecule has 0 fully saturated rings. The van der Waals surface area contributed by atoms with Crippen molar-refractivity contribution in [3.05, 3.63) is 22.8 Å². The standard InChI is InChI=1S/C11H12ClNO4S/c1-6(14)17-9(11(18)16-3)8-4-7(12)5-13-10(8)15-2/h4-5,9H,1-3H3. The number of halogens is 1. The molecule has 0 saturated carbocycles. The van der Waals surface area contributed by atoms with Gasteiger partial charge >= 0.3 is 5.97 Å². The molecule has 0 saturated heterocycles. The van der Waals surface area contributed by atoms with Gasteiger partial charge in [0, 0.05) is 13.1 Å².